The summed E-state index contributed by atoms with van der Waals surface area (Å²) >= 11 is 0. The molecule has 0 fully saturated rings. The van der Waals surface area contributed by atoms with Gasteiger partial charge >= 0.3 is 0 Å². The second-order valence-corrected chi connectivity index (χ2v) is 6.16. The Labute approximate surface area is 139 Å². The number of aryl methyl sites for hydroxylation is 1. The van der Waals surface area contributed by atoms with Gasteiger partial charge in [0.25, 0.3) is 6.04 Å². The molecule has 4 heteroatoms. The van der Waals surface area contributed by atoms with Crippen LogP contribution in [0.15, 0.2) is 30.3 Å². The van der Waals surface area contributed by atoms with Gasteiger partial charge < -0.3 is 0 Å². The second kappa shape index (κ2) is 11.8. The predicted octanol–water partition coefficient (Wildman–Crippen LogP) is 4.97. The topological polar surface area (TPSA) is 60.2 Å². The summed E-state index contributed by atoms with van der Waals surface area (Å²) in [5, 5.41) is 11.1. The summed E-state index contributed by atoms with van der Waals surface area (Å²) in [5.41, 5.74) is 1.33. The van der Waals surface area contributed by atoms with Gasteiger partial charge in [-0.15, -0.1) is 0 Å². The lowest BCUT2D eigenvalue weighted by Crippen LogP contribution is -2.29. The smallest absolute Gasteiger partial charge is 0.270 e. The van der Waals surface area contributed by atoms with E-state index in [0.29, 0.717) is 12.8 Å². The molecule has 1 rings (SSSR count). The standard InChI is InChI=1S/C19H29NO3/c1-2-3-7-16-19(21)18(20(22)23)15-11-5-4-8-12-17-13-9-6-10-14-17/h6,9-10,13-14,18H,2-5,7-8,11-12,15-16H2,1H3. The normalized spacial score (nSPS) is 12.0. The number of carbonyl (C=O) groups is 1. The number of hydrogen-bond acceptors (Lipinski definition) is 3. The van der Waals surface area contributed by atoms with Crippen LogP contribution in [0.25, 0.3) is 0 Å². The summed E-state index contributed by atoms with van der Waals surface area (Å²) in [4.78, 5) is 22.6. The summed E-state index contributed by atoms with van der Waals surface area (Å²) in [6.45, 7) is 2.06. The maximum absolute atomic E-state index is 11.9. The van der Waals surface area contributed by atoms with Crippen molar-refractivity contribution in [2.24, 2.45) is 0 Å². The van der Waals surface area contributed by atoms with Crippen LogP contribution in [0.5, 0.6) is 0 Å². The van der Waals surface area contributed by atoms with E-state index in [1.165, 1.54) is 5.56 Å². The number of ketones is 1. The van der Waals surface area contributed by atoms with E-state index in [9.17, 15) is 14.9 Å². The van der Waals surface area contributed by atoms with Crippen LogP contribution in [0, 0.1) is 10.1 Å². The summed E-state index contributed by atoms with van der Waals surface area (Å²) in [6.07, 6.45) is 8.44. The maximum atomic E-state index is 11.9. The Hall–Kier alpha value is -1.71. The van der Waals surface area contributed by atoms with Gasteiger partial charge in [0.05, 0.1) is 0 Å². The van der Waals surface area contributed by atoms with Crippen molar-refractivity contribution < 1.29 is 9.72 Å². The van der Waals surface area contributed by atoms with Gasteiger partial charge in [-0.3, -0.25) is 14.9 Å². The number of unbranched alkanes of at least 4 members (excludes halogenated alkanes) is 5. The maximum Gasteiger partial charge on any atom is 0.270 e. The highest BCUT2D eigenvalue weighted by atomic mass is 16.6. The van der Waals surface area contributed by atoms with Gasteiger partial charge in [-0.05, 0) is 31.2 Å². The summed E-state index contributed by atoms with van der Waals surface area (Å²) in [5.74, 6) is -0.187. The Morgan fingerprint density at radius 1 is 1.04 bits per heavy atom. The van der Waals surface area contributed by atoms with E-state index in [0.717, 1.165) is 51.4 Å². The highest BCUT2D eigenvalue weighted by Crippen LogP contribution is 2.13. The van der Waals surface area contributed by atoms with Crippen molar-refractivity contribution in [1.29, 1.82) is 0 Å². The van der Waals surface area contributed by atoms with E-state index in [1.54, 1.807) is 0 Å². The van der Waals surface area contributed by atoms with Crippen LogP contribution in [-0.2, 0) is 11.2 Å². The molecule has 0 saturated heterocycles. The molecule has 1 aromatic rings. The van der Waals surface area contributed by atoms with Gasteiger partial charge in [-0.1, -0.05) is 62.9 Å². The lowest BCUT2D eigenvalue weighted by Gasteiger charge is -2.08. The summed E-state index contributed by atoms with van der Waals surface area (Å²) in [7, 11) is 0. The number of rotatable bonds is 13. The molecule has 128 valence electrons. The first kappa shape index (κ1) is 19.3. The third-order valence-electron chi connectivity index (χ3n) is 4.19. The van der Waals surface area contributed by atoms with Crippen LogP contribution in [-0.4, -0.2) is 16.7 Å². The van der Waals surface area contributed by atoms with E-state index in [4.69, 9.17) is 0 Å². The van der Waals surface area contributed by atoms with Crippen LogP contribution in [0.4, 0.5) is 0 Å². The molecule has 0 bridgehead atoms. The Kier molecular flexibility index (Phi) is 9.92. The average molecular weight is 319 g/mol. The first-order valence-corrected chi connectivity index (χ1v) is 8.85. The fraction of sp³-hybridized carbons (Fsp3) is 0.632. The van der Waals surface area contributed by atoms with Crippen LogP contribution < -0.4 is 0 Å². The van der Waals surface area contributed by atoms with Crippen molar-refractivity contribution in [3.63, 3.8) is 0 Å². The molecule has 0 aliphatic carbocycles. The molecule has 0 aliphatic rings. The van der Waals surface area contributed by atoms with E-state index < -0.39 is 11.0 Å². The van der Waals surface area contributed by atoms with Gasteiger partial charge in [0.1, 0.15) is 0 Å². The van der Waals surface area contributed by atoms with Crippen LogP contribution in [0.2, 0.25) is 0 Å². The Morgan fingerprint density at radius 3 is 2.39 bits per heavy atom. The van der Waals surface area contributed by atoms with Crippen LogP contribution >= 0.6 is 0 Å². The van der Waals surface area contributed by atoms with Gasteiger partial charge in [-0.25, -0.2) is 0 Å². The lowest BCUT2D eigenvalue weighted by atomic mass is 9.99. The molecular weight excluding hydrogens is 290 g/mol. The quantitative estimate of drug-likeness (QED) is 0.293. The Bertz CT molecular complexity index is 459. The number of carbonyl (C=O) groups excluding carboxylic acids is 1. The first-order valence-electron chi connectivity index (χ1n) is 8.85. The molecule has 23 heavy (non-hydrogen) atoms. The fourth-order valence-electron chi connectivity index (χ4n) is 2.76. The molecule has 0 N–H and O–H groups in total. The number of hydrogen-bond donors (Lipinski definition) is 0. The zero-order valence-electron chi connectivity index (χ0n) is 14.2. The van der Waals surface area contributed by atoms with Crippen molar-refractivity contribution >= 4 is 5.78 Å². The summed E-state index contributed by atoms with van der Waals surface area (Å²) < 4.78 is 0. The van der Waals surface area contributed by atoms with Crippen molar-refractivity contribution in [3.8, 4) is 0 Å². The van der Waals surface area contributed by atoms with E-state index in [2.05, 4.69) is 19.1 Å². The van der Waals surface area contributed by atoms with E-state index >= 15 is 0 Å². The molecular formula is C19H29NO3. The van der Waals surface area contributed by atoms with Gasteiger partial charge in [0, 0.05) is 17.8 Å². The SMILES string of the molecule is CCCCCC(=O)C(CCCCCCc1ccccc1)[N+](=O)[O-]. The van der Waals surface area contributed by atoms with Crippen molar-refractivity contribution in [3.05, 3.63) is 46.0 Å². The molecule has 0 radical (unpaired) electrons. The van der Waals surface area contributed by atoms with Gasteiger partial charge in [0.15, 0.2) is 0 Å². The van der Waals surface area contributed by atoms with Gasteiger partial charge in [0.2, 0.25) is 5.78 Å². The molecule has 0 saturated carbocycles. The third-order valence-corrected chi connectivity index (χ3v) is 4.19. The fourth-order valence-corrected chi connectivity index (χ4v) is 2.76. The molecule has 0 amide bonds. The number of Topliss-reactive ketones (excluding diaryl/α,β-unsaturated/α-hetero) is 1. The number of nitro groups is 1. The average Bonchev–Trinajstić information content (AvgIpc) is 2.54. The minimum atomic E-state index is -0.985. The molecule has 1 aromatic carbocycles. The largest absolute Gasteiger partial charge is 0.292 e. The van der Waals surface area contributed by atoms with Crippen molar-refractivity contribution in [2.45, 2.75) is 77.2 Å². The highest BCUT2D eigenvalue weighted by molar-refractivity contribution is 5.82. The monoisotopic (exact) mass is 319 g/mol. The second-order valence-electron chi connectivity index (χ2n) is 6.16. The van der Waals surface area contributed by atoms with Gasteiger partial charge in [-0.2, -0.15) is 0 Å². The summed E-state index contributed by atoms with van der Waals surface area (Å²) in [6, 6.07) is 9.36. The van der Waals surface area contributed by atoms with Crippen LogP contribution in [0.3, 0.4) is 0 Å². The minimum Gasteiger partial charge on any atom is -0.292 e. The predicted molar refractivity (Wildman–Crippen MR) is 93.2 cm³/mol. The molecule has 1 unspecified atom stereocenters. The molecule has 0 heterocycles. The lowest BCUT2D eigenvalue weighted by molar-refractivity contribution is -0.508. The van der Waals surface area contributed by atoms with E-state index in [1.807, 2.05) is 18.2 Å². The molecule has 0 aromatic heterocycles. The highest BCUT2D eigenvalue weighted by Gasteiger charge is 2.27. The molecule has 1 atom stereocenters. The molecule has 0 spiro atoms. The number of benzene rings is 1. The number of nitrogens with zero attached hydrogens (tertiary/aromatic N) is 1. The van der Waals surface area contributed by atoms with Crippen LogP contribution in [0.1, 0.15) is 70.3 Å². The van der Waals surface area contributed by atoms with Crippen molar-refractivity contribution in [1.82, 2.24) is 0 Å². The Morgan fingerprint density at radius 2 is 1.74 bits per heavy atom. The molecule has 4 nitrogen and oxygen atoms in total. The molecule has 0 aliphatic heterocycles. The first-order chi connectivity index (χ1) is 11.1. The van der Waals surface area contributed by atoms with Crippen molar-refractivity contribution in [2.75, 3.05) is 0 Å². The zero-order valence-corrected chi connectivity index (χ0v) is 14.2. The third kappa shape index (κ3) is 8.48. The van der Waals surface area contributed by atoms with E-state index in [-0.39, 0.29) is 5.78 Å². The minimum absolute atomic E-state index is 0.187. The zero-order chi connectivity index (χ0) is 16.9. The Balaban J connectivity index is 2.17.